The molecular formula is C19H25N5O2S. The van der Waals surface area contributed by atoms with Gasteiger partial charge in [-0.1, -0.05) is 31.5 Å². The van der Waals surface area contributed by atoms with Crippen LogP contribution in [-0.4, -0.2) is 38.4 Å². The maximum absolute atomic E-state index is 12.4. The second-order valence-electron chi connectivity index (χ2n) is 6.98. The first-order valence-corrected chi connectivity index (χ1v) is 10.2. The fraction of sp³-hybridized carbons (Fsp3) is 0.474. The summed E-state index contributed by atoms with van der Waals surface area (Å²) in [7, 11) is 1.83. The Hall–Kier alpha value is -2.35. The summed E-state index contributed by atoms with van der Waals surface area (Å²) >= 11 is 1.32. The third kappa shape index (κ3) is 5.32. The Kier molecular flexibility index (Phi) is 6.49. The van der Waals surface area contributed by atoms with Gasteiger partial charge in [0.1, 0.15) is 6.33 Å². The van der Waals surface area contributed by atoms with E-state index in [2.05, 4.69) is 27.8 Å². The van der Waals surface area contributed by atoms with Crippen LogP contribution < -0.4 is 10.6 Å². The molecule has 8 heteroatoms. The number of nitrogens with zero attached hydrogens (tertiary/aromatic N) is 3. The lowest BCUT2D eigenvalue weighted by Crippen LogP contribution is -2.41. The topological polar surface area (TPSA) is 88.9 Å². The Labute approximate surface area is 163 Å². The van der Waals surface area contributed by atoms with E-state index in [-0.39, 0.29) is 23.6 Å². The van der Waals surface area contributed by atoms with Gasteiger partial charge in [-0.25, -0.2) is 0 Å². The van der Waals surface area contributed by atoms with Gasteiger partial charge in [-0.05, 0) is 43.0 Å². The van der Waals surface area contributed by atoms with E-state index >= 15 is 0 Å². The molecule has 1 heterocycles. The van der Waals surface area contributed by atoms with Gasteiger partial charge in [0.05, 0.1) is 5.75 Å². The van der Waals surface area contributed by atoms with Crippen LogP contribution in [0, 0.1) is 5.92 Å². The summed E-state index contributed by atoms with van der Waals surface area (Å²) < 4.78 is 1.76. The van der Waals surface area contributed by atoms with Crippen molar-refractivity contribution in [2.24, 2.45) is 13.0 Å². The molecule has 0 radical (unpaired) electrons. The zero-order valence-corrected chi connectivity index (χ0v) is 16.5. The largest absolute Gasteiger partial charge is 0.349 e. The van der Waals surface area contributed by atoms with Crippen molar-refractivity contribution in [3.05, 3.63) is 36.2 Å². The zero-order valence-electron chi connectivity index (χ0n) is 15.6. The highest BCUT2D eigenvalue weighted by atomic mass is 32.2. The molecule has 3 rings (SSSR count). The van der Waals surface area contributed by atoms with Crippen LogP contribution >= 0.6 is 11.8 Å². The third-order valence-electron chi connectivity index (χ3n) is 4.86. The van der Waals surface area contributed by atoms with Gasteiger partial charge in [-0.3, -0.25) is 9.59 Å². The second kappa shape index (κ2) is 9.03. The number of hydrogen-bond donors (Lipinski definition) is 2. The maximum Gasteiger partial charge on any atom is 0.251 e. The number of carbonyl (C=O) groups is 2. The molecule has 144 valence electrons. The summed E-state index contributed by atoms with van der Waals surface area (Å²) in [6, 6.07) is 7.25. The molecule has 1 aromatic carbocycles. The van der Waals surface area contributed by atoms with Gasteiger partial charge < -0.3 is 15.2 Å². The summed E-state index contributed by atoms with van der Waals surface area (Å²) in [5, 5.41) is 14.4. The van der Waals surface area contributed by atoms with Crippen LogP contribution in [0.25, 0.3) is 0 Å². The van der Waals surface area contributed by atoms with Crippen molar-refractivity contribution in [2.45, 2.75) is 43.8 Å². The lowest BCUT2D eigenvalue weighted by Gasteiger charge is -2.29. The molecular weight excluding hydrogens is 362 g/mol. The molecule has 0 saturated heterocycles. The fourth-order valence-electron chi connectivity index (χ4n) is 3.22. The summed E-state index contributed by atoms with van der Waals surface area (Å²) in [5.74, 6) is 0.585. The fourth-order valence-corrected chi connectivity index (χ4v) is 3.91. The summed E-state index contributed by atoms with van der Waals surface area (Å²) in [6.07, 6.45) is 6.23. The summed E-state index contributed by atoms with van der Waals surface area (Å²) in [6.45, 7) is 2.20. The van der Waals surface area contributed by atoms with Crippen LogP contribution in [0.1, 0.15) is 43.0 Å². The van der Waals surface area contributed by atoms with E-state index in [1.165, 1.54) is 31.0 Å². The summed E-state index contributed by atoms with van der Waals surface area (Å²) in [4.78, 5) is 24.5. The van der Waals surface area contributed by atoms with Crippen molar-refractivity contribution in [3.8, 4) is 0 Å². The molecule has 1 aliphatic rings. The van der Waals surface area contributed by atoms with Gasteiger partial charge in [0.25, 0.3) is 5.91 Å². The highest BCUT2D eigenvalue weighted by Gasteiger charge is 2.23. The molecule has 0 aliphatic heterocycles. The molecule has 27 heavy (non-hydrogen) atoms. The molecule has 7 nitrogen and oxygen atoms in total. The minimum absolute atomic E-state index is 0.0514. The molecule has 1 aliphatic carbocycles. The number of rotatable bonds is 6. The second-order valence-corrected chi connectivity index (χ2v) is 7.92. The quantitative estimate of drug-likeness (QED) is 0.744. The van der Waals surface area contributed by atoms with E-state index in [1.807, 2.05) is 7.05 Å². The van der Waals surface area contributed by atoms with Crippen LogP contribution in [0.5, 0.6) is 0 Å². The van der Waals surface area contributed by atoms with E-state index in [1.54, 1.807) is 35.2 Å². The number of hydrogen-bond acceptors (Lipinski definition) is 5. The smallest absolute Gasteiger partial charge is 0.251 e. The number of benzene rings is 1. The minimum atomic E-state index is -0.128. The van der Waals surface area contributed by atoms with Crippen molar-refractivity contribution in [2.75, 3.05) is 11.1 Å². The Morgan fingerprint density at radius 3 is 2.63 bits per heavy atom. The van der Waals surface area contributed by atoms with Gasteiger partial charge in [-0.15, -0.1) is 10.2 Å². The van der Waals surface area contributed by atoms with E-state index in [0.717, 1.165) is 6.42 Å². The van der Waals surface area contributed by atoms with E-state index < -0.39 is 0 Å². The van der Waals surface area contributed by atoms with Crippen LogP contribution in [0.3, 0.4) is 0 Å². The first-order chi connectivity index (χ1) is 13.0. The van der Waals surface area contributed by atoms with Crippen molar-refractivity contribution < 1.29 is 9.59 Å². The van der Waals surface area contributed by atoms with Gasteiger partial charge in [0.15, 0.2) is 5.16 Å². The molecule has 2 aromatic rings. The molecule has 2 N–H and O–H groups in total. The molecule has 2 amide bonds. The van der Waals surface area contributed by atoms with E-state index in [9.17, 15) is 9.59 Å². The predicted octanol–water partition coefficient (Wildman–Crippen LogP) is 2.85. The lowest BCUT2D eigenvalue weighted by atomic mass is 9.86. The van der Waals surface area contributed by atoms with Crippen LogP contribution in [-0.2, 0) is 11.8 Å². The molecule has 1 fully saturated rings. The average Bonchev–Trinajstić information content (AvgIpc) is 3.07. The average molecular weight is 388 g/mol. The van der Waals surface area contributed by atoms with Crippen LogP contribution in [0.15, 0.2) is 35.7 Å². The normalized spacial score (nSPS) is 19.5. The van der Waals surface area contributed by atoms with Gasteiger partial charge >= 0.3 is 0 Å². The van der Waals surface area contributed by atoms with Crippen molar-refractivity contribution >= 4 is 29.3 Å². The summed E-state index contributed by atoms with van der Waals surface area (Å²) in [5.41, 5.74) is 1.28. The van der Waals surface area contributed by atoms with Crippen molar-refractivity contribution in [3.63, 3.8) is 0 Å². The number of aryl methyl sites for hydroxylation is 1. The molecule has 2 atom stereocenters. The van der Waals surface area contributed by atoms with Crippen LogP contribution in [0.2, 0.25) is 0 Å². The number of thioether (sulfide) groups is 1. The lowest BCUT2D eigenvalue weighted by molar-refractivity contribution is -0.113. The highest BCUT2D eigenvalue weighted by Crippen LogP contribution is 2.24. The van der Waals surface area contributed by atoms with Gasteiger partial charge in [-0.2, -0.15) is 0 Å². The van der Waals surface area contributed by atoms with E-state index in [4.69, 9.17) is 0 Å². The standard InChI is InChI=1S/C19H25N5O2S/c1-13-5-3-4-6-16(13)22-18(26)14-7-9-15(10-8-14)21-17(25)11-27-19-23-20-12-24(19)2/h7-10,12-13,16H,3-6,11H2,1-2H3,(H,21,25)(H,22,26)/t13-,16+/m1/s1. The number of nitrogens with one attached hydrogen (secondary N) is 2. The molecule has 1 aromatic heterocycles. The SMILES string of the molecule is C[C@@H]1CCCC[C@@H]1NC(=O)c1ccc(NC(=O)CSc2nncn2C)cc1. The van der Waals surface area contributed by atoms with Crippen molar-refractivity contribution in [1.82, 2.24) is 20.1 Å². The van der Waals surface area contributed by atoms with Gasteiger partial charge in [0.2, 0.25) is 5.91 Å². The Bertz CT molecular complexity index is 790. The molecule has 0 unspecified atom stereocenters. The predicted molar refractivity (Wildman–Crippen MR) is 106 cm³/mol. The number of carbonyl (C=O) groups excluding carboxylic acids is 2. The molecule has 0 bridgehead atoms. The minimum Gasteiger partial charge on any atom is -0.349 e. The number of amides is 2. The van der Waals surface area contributed by atoms with Crippen molar-refractivity contribution in [1.29, 1.82) is 0 Å². The molecule has 0 spiro atoms. The maximum atomic E-state index is 12.4. The van der Waals surface area contributed by atoms with E-state index in [0.29, 0.717) is 22.3 Å². The number of anilines is 1. The monoisotopic (exact) mass is 387 g/mol. The molecule has 1 saturated carbocycles. The Morgan fingerprint density at radius 1 is 1.22 bits per heavy atom. The first-order valence-electron chi connectivity index (χ1n) is 9.20. The number of aromatic nitrogens is 3. The Balaban J connectivity index is 1.49. The van der Waals surface area contributed by atoms with Gasteiger partial charge in [0, 0.05) is 24.3 Å². The zero-order chi connectivity index (χ0) is 19.2. The third-order valence-corrected chi connectivity index (χ3v) is 5.90. The first kappa shape index (κ1) is 19.4. The Morgan fingerprint density at radius 2 is 1.96 bits per heavy atom. The van der Waals surface area contributed by atoms with Crippen LogP contribution in [0.4, 0.5) is 5.69 Å². The highest BCUT2D eigenvalue weighted by molar-refractivity contribution is 7.99.